The molecular formula is C19H21N3O5. The van der Waals surface area contributed by atoms with E-state index < -0.39 is 22.9 Å². The molecule has 0 radical (unpaired) electrons. The van der Waals surface area contributed by atoms with Crippen molar-refractivity contribution in [1.82, 2.24) is 5.32 Å². The molecule has 0 saturated heterocycles. The van der Waals surface area contributed by atoms with Crippen molar-refractivity contribution in [1.29, 1.82) is 0 Å². The van der Waals surface area contributed by atoms with Crippen LogP contribution in [0.1, 0.15) is 30.6 Å². The number of carbonyl (C=O) groups is 2. The van der Waals surface area contributed by atoms with Crippen molar-refractivity contribution in [2.45, 2.75) is 26.4 Å². The SMILES string of the molecule is CCCNC(=O)[C@H](C)OC(=O)c1ccc(Nc2ccccc2)c([N+](=O)[O-])c1. The number of anilines is 2. The summed E-state index contributed by atoms with van der Waals surface area (Å²) in [5.74, 6) is -1.22. The largest absolute Gasteiger partial charge is 0.449 e. The van der Waals surface area contributed by atoms with E-state index in [-0.39, 0.29) is 16.9 Å². The first-order chi connectivity index (χ1) is 12.9. The van der Waals surface area contributed by atoms with E-state index in [1.165, 1.54) is 19.1 Å². The van der Waals surface area contributed by atoms with Gasteiger partial charge in [0.25, 0.3) is 11.6 Å². The van der Waals surface area contributed by atoms with Gasteiger partial charge in [0.2, 0.25) is 0 Å². The number of nitro benzene ring substituents is 1. The molecule has 1 atom stereocenters. The van der Waals surface area contributed by atoms with Crippen LogP contribution in [0.2, 0.25) is 0 Å². The number of nitrogens with zero attached hydrogens (tertiary/aromatic N) is 1. The summed E-state index contributed by atoms with van der Waals surface area (Å²) in [6.45, 7) is 3.83. The number of benzene rings is 2. The highest BCUT2D eigenvalue weighted by Crippen LogP contribution is 2.29. The second-order valence-electron chi connectivity index (χ2n) is 5.82. The highest BCUT2D eigenvalue weighted by Gasteiger charge is 2.22. The molecule has 2 N–H and O–H groups in total. The van der Waals surface area contributed by atoms with E-state index in [1.54, 1.807) is 24.3 Å². The molecule has 2 aromatic rings. The molecular weight excluding hydrogens is 350 g/mol. The Morgan fingerprint density at radius 3 is 2.52 bits per heavy atom. The first-order valence-corrected chi connectivity index (χ1v) is 8.51. The van der Waals surface area contributed by atoms with Gasteiger partial charge in [0.05, 0.1) is 10.5 Å². The molecule has 0 aliphatic carbocycles. The minimum Gasteiger partial charge on any atom is -0.449 e. The molecule has 0 bridgehead atoms. The fourth-order valence-electron chi connectivity index (χ4n) is 2.27. The molecule has 27 heavy (non-hydrogen) atoms. The molecule has 8 heteroatoms. The molecule has 2 rings (SSSR count). The molecule has 8 nitrogen and oxygen atoms in total. The zero-order valence-corrected chi connectivity index (χ0v) is 15.1. The number of para-hydroxylation sites is 1. The van der Waals surface area contributed by atoms with Crippen molar-refractivity contribution >= 4 is 28.9 Å². The summed E-state index contributed by atoms with van der Waals surface area (Å²) in [6, 6.07) is 12.9. The van der Waals surface area contributed by atoms with Crippen molar-refractivity contribution < 1.29 is 19.2 Å². The third kappa shape index (κ3) is 5.53. The Morgan fingerprint density at radius 1 is 1.19 bits per heavy atom. The molecule has 142 valence electrons. The lowest BCUT2D eigenvalue weighted by Crippen LogP contribution is -2.36. The monoisotopic (exact) mass is 371 g/mol. The summed E-state index contributed by atoms with van der Waals surface area (Å²) in [5.41, 5.74) is 0.653. The minimum atomic E-state index is -0.995. The van der Waals surface area contributed by atoms with E-state index >= 15 is 0 Å². The molecule has 0 heterocycles. The van der Waals surface area contributed by atoms with Crippen LogP contribution in [0, 0.1) is 10.1 Å². The molecule has 1 amide bonds. The Balaban J connectivity index is 2.16. The lowest BCUT2D eigenvalue weighted by Gasteiger charge is -2.13. The van der Waals surface area contributed by atoms with Gasteiger partial charge in [-0.25, -0.2) is 4.79 Å². The predicted molar refractivity (Wildman–Crippen MR) is 101 cm³/mol. The normalized spacial score (nSPS) is 11.3. The Morgan fingerprint density at radius 2 is 1.89 bits per heavy atom. The van der Waals surface area contributed by atoms with Crippen LogP contribution in [0.15, 0.2) is 48.5 Å². The molecule has 0 aromatic heterocycles. The fourth-order valence-corrected chi connectivity index (χ4v) is 2.27. The van der Waals surface area contributed by atoms with Crippen LogP contribution in [0.25, 0.3) is 0 Å². The van der Waals surface area contributed by atoms with Crippen LogP contribution in [-0.2, 0) is 9.53 Å². The quantitative estimate of drug-likeness (QED) is 0.418. The average Bonchev–Trinajstić information content (AvgIpc) is 2.66. The summed E-state index contributed by atoms with van der Waals surface area (Å²) in [4.78, 5) is 34.8. The first-order valence-electron chi connectivity index (χ1n) is 8.51. The topological polar surface area (TPSA) is 111 Å². The van der Waals surface area contributed by atoms with Crippen LogP contribution in [0.3, 0.4) is 0 Å². The van der Waals surface area contributed by atoms with Gasteiger partial charge in [0.15, 0.2) is 6.10 Å². The number of rotatable bonds is 8. The molecule has 0 spiro atoms. The van der Waals surface area contributed by atoms with E-state index in [9.17, 15) is 19.7 Å². The Kier molecular flexibility index (Phi) is 6.87. The van der Waals surface area contributed by atoms with Crippen LogP contribution < -0.4 is 10.6 Å². The second-order valence-corrected chi connectivity index (χ2v) is 5.82. The standard InChI is InChI=1S/C19H21N3O5/c1-3-11-20-18(23)13(2)27-19(24)14-9-10-16(17(12-14)22(25)26)21-15-7-5-4-6-8-15/h4-10,12-13,21H,3,11H2,1-2H3,(H,20,23)/t13-/m0/s1. The molecule has 2 aromatic carbocycles. The van der Waals surface area contributed by atoms with Crippen LogP contribution in [0.4, 0.5) is 17.1 Å². The van der Waals surface area contributed by atoms with Crippen molar-refractivity contribution in [2.75, 3.05) is 11.9 Å². The van der Waals surface area contributed by atoms with Gasteiger partial charge < -0.3 is 15.4 Å². The summed E-state index contributed by atoms with van der Waals surface area (Å²) >= 11 is 0. The van der Waals surface area contributed by atoms with Crippen LogP contribution in [0.5, 0.6) is 0 Å². The third-order valence-corrected chi connectivity index (χ3v) is 3.69. The van der Waals surface area contributed by atoms with Crippen LogP contribution >= 0.6 is 0 Å². The maximum atomic E-state index is 12.2. The highest BCUT2D eigenvalue weighted by atomic mass is 16.6. The zero-order chi connectivity index (χ0) is 19.8. The number of nitrogens with one attached hydrogen (secondary N) is 2. The maximum absolute atomic E-state index is 12.2. The van der Waals surface area contributed by atoms with E-state index in [2.05, 4.69) is 10.6 Å². The van der Waals surface area contributed by atoms with Crippen molar-refractivity contribution in [3.05, 3.63) is 64.2 Å². The molecule has 0 unspecified atom stereocenters. The van der Waals surface area contributed by atoms with E-state index in [0.29, 0.717) is 12.2 Å². The number of esters is 1. The van der Waals surface area contributed by atoms with E-state index in [1.807, 2.05) is 13.0 Å². The van der Waals surface area contributed by atoms with Gasteiger partial charge in [0.1, 0.15) is 5.69 Å². The third-order valence-electron chi connectivity index (χ3n) is 3.69. The van der Waals surface area contributed by atoms with Gasteiger partial charge >= 0.3 is 5.97 Å². The lowest BCUT2D eigenvalue weighted by molar-refractivity contribution is -0.383. The minimum absolute atomic E-state index is 0.00421. The highest BCUT2D eigenvalue weighted by molar-refractivity contribution is 5.94. The van der Waals surface area contributed by atoms with Gasteiger partial charge in [0, 0.05) is 18.3 Å². The summed E-state index contributed by atoms with van der Waals surface area (Å²) in [7, 11) is 0. The van der Waals surface area contributed by atoms with Crippen molar-refractivity contribution in [3.8, 4) is 0 Å². The van der Waals surface area contributed by atoms with Gasteiger partial charge in [-0.3, -0.25) is 14.9 Å². The van der Waals surface area contributed by atoms with Gasteiger partial charge in [-0.2, -0.15) is 0 Å². The Labute approximate surface area is 156 Å². The van der Waals surface area contributed by atoms with Crippen molar-refractivity contribution in [2.24, 2.45) is 0 Å². The molecule has 0 fully saturated rings. The number of hydrogen-bond donors (Lipinski definition) is 2. The van der Waals surface area contributed by atoms with E-state index in [0.717, 1.165) is 12.5 Å². The fraction of sp³-hybridized carbons (Fsp3) is 0.263. The van der Waals surface area contributed by atoms with Gasteiger partial charge in [-0.1, -0.05) is 25.1 Å². The number of ether oxygens (including phenoxy) is 1. The van der Waals surface area contributed by atoms with Gasteiger partial charge in [-0.15, -0.1) is 0 Å². The maximum Gasteiger partial charge on any atom is 0.339 e. The van der Waals surface area contributed by atoms with Crippen molar-refractivity contribution in [3.63, 3.8) is 0 Å². The zero-order valence-electron chi connectivity index (χ0n) is 15.1. The number of hydrogen-bond acceptors (Lipinski definition) is 6. The second kappa shape index (κ2) is 9.33. The predicted octanol–water partition coefficient (Wildman–Crippen LogP) is 3.41. The Bertz CT molecular complexity index is 823. The van der Waals surface area contributed by atoms with E-state index in [4.69, 9.17) is 4.74 Å². The van der Waals surface area contributed by atoms with Crippen LogP contribution in [-0.4, -0.2) is 29.4 Å². The lowest BCUT2D eigenvalue weighted by atomic mass is 10.1. The van der Waals surface area contributed by atoms with Gasteiger partial charge in [-0.05, 0) is 37.6 Å². The molecule has 0 aliphatic rings. The molecule has 0 saturated carbocycles. The first kappa shape index (κ1) is 19.9. The summed E-state index contributed by atoms with van der Waals surface area (Å²) < 4.78 is 5.09. The number of carbonyl (C=O) groups excluding carboxylic acids is 2. The number of amides is 1. The Hall–Kier alpha value is -3.42. The summed E-state index contributed by atoms with van der Waals surface area (Å²) in [6.07, 6.45) is -0.237. The smallest absolute Gasteiger partial charge is 0.339 e. The number of nitro groups is 1. The summed E-state index contributed by atoms with van der Waals surface area (Å²) in [5, 5.41) is 16.9. The molecule has 0 aliphatic heterocycles. The average molecular weight is 371 g/mol.